The zero-order chi connectivity index (χ0) is 26.1. The summed E-state index contributed by atoms with van der Waals surface area (Å²) in [5.74, 6) is -0.902. The van der Waals surface area contributed by atoms with E-state index in [4.69, 9.17) is 20.6 Å². The SMILES string of the molecule is CCOC(=O)CS(=O)(=O)N(CC=Cc1cccc(C(=N)N)c1)c1ccc(OC2CCNCC2)c(C)c1. The Morgan fingerprint density at radius 2 is 1.97 bits per heavy atom. The number of ether oxygens (including phenoxy) is 2. The number of anilines is 1. The molecule has 9 nitrogen and oxygen atoms in total. The van der Waals surface area contributed by atoms with Gasteiger partial charge in [0.25, 0.3) is 0 Å². The van der Waals surface area contributed by atoms with Gasteiger partial charge in [0.15, 0.2) is 5.75 Å². The Hall–Kier alpha value is -3.37. The Labute approximate surface area is 212 Å². The second-order valence-electron chi connectivity index (χ2n) is 8.55. The van der Waals surface area contributed by atoms with Crippen LogP contribution in [0.25, 0.3) is 6.08 Å². The standard InChI is InChI=1S/C26H34N4O5S/c1-3-34-25(31)18-36(32,33)30(15-5-7-20-6-4-8-21(17-20)26(27)28)22-9-10-24(19(2)16-22)35-23-11-13-29-14-12-23/h4-10,16-17,23,29H,3,11-15,18H2,1-2H3,(H3,27,28). The van der Waals surface area contributed by atoms with E-state index in [0.717, 1.165) is 37.1 Å². The van der Waals surface area contributed by atoms with Gasteiger partial charge in [-0.2, -0.15) is 0 Å². The number of nitrogen functional groups attached to an aromatic ring is 1. The number of esters is 1. The summed E-state index contributed by atoms with van der Waals surface area (Å²) < 4.78 is 38.7. The van der Waals surface area contributed by atoms with Crippen LogP contribution >= 0.6 is 0 Å². The van der Waals surface area contributed by atoms with Gasteiger partial charge in [0, 0.05) is 5.56 Å². The van der Waals surface area contributed by atoms with Crippen LogP contribution in [-0.2, 0) is 19.6 Å². The van der Waals surface area contributed by atoms with E-state index in [2.05, 4.69) is 5.32 Å². The lowest BCUT2D eigenvalue weighted by atomic mass is 10.1. The molecule has 1 fully saturated rings. The minimum Gasteiger partial charge on any atom is -0.490 e. The van der Waals surface area contributed by atoms with Crippen LogP contribution in [0.5, 0.6) is 5.75 Å². The molecule has 0 radical (unpaired) electrons. The molecule has 1 saturated heterocycles. The number of rotatable bonds is 11. The molecule has 2 aromatic rings. The number of nitrogens with one attached hydrogen (secondary N) is 2. The van der Waals surface area contributed by atoms with Crippen molar-refractivity contribution in [1.82, 2.24) is 5.32 Å². The molecule has 1 aliphatic heterocycles. The summed E-state index contributed by atoms with van der Waals surface area (Å²) in [6.07, 6.45) is 5.39. The molecule has 0 amide bonds. The van der Waals surface area contributed by atoms with Gasteiger partial charge in [0.05, 0.1) is 18.8 Å². The number of hydrogen-bond donors (Lipinski definition) is 3. The number of aryl methyl sites for hydroxylation is 1. The number of hydrogen-bond acceptors (Lipinski definition) is 7. The molecule has 194 valence electrons. The highest BCUT2D eigenvalue weighted by molar-refractivity contribution is 7.93. The first kappa shape index (κ1) is 27.2. The highest BCUT2D eigenvalue weighted by atomic mass is 32.2. The monoisotopic (exact) mass is 514 g/mol. The van der Waals surface area contributed by atoms with Crippen LogP contribution in [0.2, 0.25) is 0 Å². The third kappa shape index (κ3) is 7.56. The largest absolute Gasteiger partial charge is 0.490 e. The summed E-state index contributed by atoms with van der Waals surface area (Å²) in [7, 11) is -4.03. The molecule has 0 bridgehead atoms. The van der Waals surface area contributed by atoms with Gasteiger partial charge in [-0.15, -0.1) is 0 Å². The van der Waals surface area contributed by atoms with E-state index in [1.165, 1.54) is 4.31 Å². The number of sulfonamides is 1. The summed E-state index contributed by atoms with van der Waals surface area (Å²) in [6, 6.07) is 12.3. The van der Waals surface area contributed by atoms with E-state index in [-0.39, 0.29) is 25.1 Å². The molecular weight excluding hydrogens is 480 g/mol. The van der Waals surface area contributed by atoms with Crippen LogP contribution in [-0.4, -0.2) is 58.3 Å². The zero-order valence-corrected chi connectivity index (χ0v) is 21.5. The summed E-state index contributed by atoms with van der Waals surface area (Å²) in [6.45, 7) is 5.42. The first-order valence-electron chi connectivity index (χ1n) is 11.9. The van der Waals surface area contributed by atoms with Crippen molar-refractivity contribution in [2.45, 2.75) is 32.8 Å². The number of carbonyl (C=O) groups excluding carboxylic acids is 1. The normalized spacial score (nSPS) is 14.5. The van der Waals surface area contributed by atoms with Gasteiger partial charge in [-0.3, -0.25) is 14.5 Å². The lowest BCUT2D eigenvalue weighted by Gasteiger charge is -2.26. The average molecular weight is 515 g/mol. The topological polar surface area (TPSA) is 135 Å². The number of amidine groups is 1. The van der Waals surface area contributed by atoms with Crippen molar-refractivity contribution in [2.24, 2.45) is 5.73 Å². The minimum absolute atomic E-state index is 0.0000242. The molecule has 0 aliphatic carbocycles. The number of piperidine rings is 1. The van der Waals surface area contributed by atoms with Gasteiger partial charge in [-0.1, -0.05) is 30.4 Å². The van der Waals surface area contributed by atoms with Gasteiger partial charge >= 0.3 is 5.97 Å². The first-order chi connectivity index (χ1) is 17.2. The maximum atomic E-state index is 13.2. The maximum absolute atomic E-state index is 13.2. The van der Waals surface area contributed by atoms with Crippen LogP contribution < -0.4 is 20.1 Å². The third-order valence-electron chi connectivity index (χ3n) is 5.75. The molecule has 1 heterocycles. The Kier molecular flexibility index (Phi) is 9.49. The molecule has 0 aromatic heterocycles. The van der Waals surface area contributed by atoms with Crippen LogP contribution in [0, 0.1) is 12.3 Å². The fourth-order valence-corrected chi connectivity index (χ4v) is 5.20. The van der Waals surface area contributed by atoms with E-state index < -0.39 is 21.7 Å². The van der Waals surface area contributed by atoms with E-state index in [1.54, 1.807) is 55.5 Å². The van der Waals surface area contributed by atoms with Gasteiger partial charge in [-0.25, -0.2) is 8.42 Å². The van der Waals surface area contributed by atoms with Crippen LogP contribution in [0.4, 0.5) is 5.69 Å². The Balaban J connectivity index is 1.85. The van der Waals surface area contributed by atoms with Crippen molar-refractivity contribution in [3.05, 3.63) is 65.2 Å². The number of nitrogens with two attached hydrogens (primary N) is 1. The highest BCUT2D eigenvalue weighted by Gasteiger charge is 2.26. The quantitative estimate of drug-likeness (QED) is 0.238. The molecule has 3 rings (SSSR count). The third-order valence-corrected chi connectivity index (χ3v) is 7.38. The number of benzene rings is 2. The van der Waals surface area contributed by atoms with Crippen molar-refractivity contribution in [2.75, 3.05) is 36.3 Å². The number of nitrogens with zero attached hydrogens (tertiary/aromatic N) is 1. The number of carbonyl (C=O) groups is 1. The van der Waals surface area contributed by atoms with Crippen molar-refractivity contribution in [3.8, 4) is 5.75 Å². The lowest BCUT2D eigenvalue weighted by molar-refractivity contribution is -0.139. The summed E-state index contributed by atoms with van der Waals surface area (Å²) >= 11 is 0. The zero-order valence-electron chi connectivity index (χ0n) is 20.7. The fourth-order valence-electron chi connectivity index (χ4n) is 3.92. The van der Waals surface area contributed by atoms with Crippen LogP contribution in [0.3, 0.4) is 0 Å². The highest BCUT2D eigenvalue weighted by Crippen LogP contribution is 2.28. The van der Waals surface area contributed by atoms with E-state index in [1.807, 2.05) is 13.0 Å². The Morgan fingerprint density at radius 1 is 1.22 bits per heavy atom. The average Bonchev–Trinajstić information content (AvgIpc) is 2.83. The predicted molar refractivity (Wildman–Crippen MR) is 142 cm³/mol. The van der Waals surface area contributed by atoms with E-state index in [9.17, 15) is 13.2 Å². The first-order valence-corrected chi connectivity index (χ1v) is 13.6. The smallest absolute Gasteiger partial charge is 0.323 e. The Bertz CT molecular complexity index is 1210. The molecule has 10 heteroatoms. The van der Waals surface area contributed by atoms with Crippen molar-refractivity contribution < 1.29 is 22.7 Å². The Morgan fingerprint density at radius 3 is 2.64 bits per heavy atom. The van der Waals surface area contributed by atoms with Crippen molar-refractivity contribution in [1.29, 1.82) is 5.41 Å². The lowest BCUT2D eigenvalue weighted by Crippen LogP contribution is -2.36. The van der Waals surface area contributed by atoms with E-state index in [0.29, 0.717) is 17.0 Å². The molecule has 0 saturated carbocycles. The predicted octanol–water partition coefficient (Wildman–Crippen LogP) is 2.82. The summed E-state index contributed by atoms with van der Waals surface area (Å²) in [4.78, 5) is 12.0. The van der Waals surface area contributed by atoms with Crippen molar-refractivity contribution in [3.63, 3.8) is 0 Å². The summed E-state index contributed by atoms with van der Waals surface area (Å²) in [5, 5.41) is 10.9. The molecule has 0 atom stereocenters. The molecule has 2 aromatic carbocycles. The van der Waals surface area contributed by atoms with Gasteiger partial charge in [0.1, 0.15) is 17.7 Å². The maximum Gasteiger partial charge on any atom is 0.323 e. The van der Waals surface area contributed by atoms with Crippen molar-refractivity contribution >= 4 is 33.6 Å². The molecule has 0 spiro atoms. The van der Waals surface area contributed by atoms with Gasteiger partial charge in [0.2, 0.25) is 10.0 Å². The summed E-state index contributed by atoms with van der Waals surface area (Å²) in [5.41, 5.74) is 8.14. The van der Waals surface area contributed by atoms with E-state index >= 15 is 0 Å². The molecular formula is C26H34N4O5S. The minimum atomic E-state index is -4.03. The molecule has 0 unspecified atom stereocenters. The molecule has 1 aliphatic rings. The van der Waals surface area contributed by atoms with Crippen LogP contribution in [0.1, 0.15) is 36.5 Å². The van der Waals surface area contributed by atoms with Crippen LogP contribution in [0.15, 0.2) is 48.5 Å². The molecule has 4 N–H and O–H groups in total. The molecule has 36 heavy (non-hydrogen) atoms. The van der Waals surface area contributed by atoms with Gasteiger partial charge < -0.3 is 20.5 Å². The second-order valence-corrected chi connectivity index (χ2v) is 10.4. The second kappa shape index (κ2) is 12.5. The fraction of sp³-hybridized carbons (Fsp3) is 0.385. The van der Waals surface area contributed by atoms with Gasteiger partial charge in [-0.05, 0) is 75.2 Å².